The van der Waals surface area contributed by atoms with Crippen molar-refractivity contribution in [3.05, 3.63) is 35.3 Å². The summed E-state index contributed by atoms with van der Waals surface area (Å²) >= 11 is 0. The summed E-state index contributed by atoms with van der Waals surface area (Å²) in [5.41, 5.74) is 1.45. The van der Waals surface area contributed by atoms with Gasteiger partial charge in [-0.1, -0.05) is 20.8 Å². The molecule has 1 N–H and O–H groups in total. The summed E-state index contributed by atoms with van der Waals surface area (Å²) in [4.78, 5) is 19.4. The monoisotopic (exact) mass is 389 g/mol. The molecule has 0 saturated carbocycles. The molecule has 0 bridgehead atoms. The van der Waals surface area contributed by atoms with E-state index in [9.17, 15) is 4.79 Å². The Morgan fingerprint density at radius 1 is 1.32 bits per heavy atom. The predicted octanol–water partition coefficient (Wildman–Crippen LogP) is 2.13. The Labute approximate surface area is 166 Å². The lowest BCUT2D eigenvalue weighted by atomic mass is 9.88. The summed E-state index contributed by atoms with van der Waals surface area (Å²) in [6.45, 7) is 14.6. The number of carbonyl (C=O) groups excluding carboxylic acids is 1. The molecule has 0 aliphatic carbocycles. The van der Waals surface area contributed by atoms with Crippen LogP contribution >= 0.6 is 0 Å². The smallest absolute Gasteiger partial charge is 0.255 e. The van der Waals surface area contributed by atoms with E-state index in [1.807, 2.05) is 13.8 Å². The number of amides is 1. The van der Waals surface area contributed by atoms with Crippen molar-refractivity contribution in [1.82, 2.24) is 25.0 Å². The lowest BCUT2D eigenvalue weighted by Crippen LogP contribution is -2.38. The maximum absolute atomic E-state index is 13.1. The van der Waals surface area contributed by atoms with Crippen molar-refractivity contribution in [1.29, 1.82) is 0 Å². The van der Waals surface area contributed by atoms with E-state index in [0.29, 0.717) is 24.4 Å². The molecule has 1 fully saturated rings. The van der Waals surface area contributed by atoms with Gasteiger partial charge < -0.3 is 14.5 Å². The molecule has 154 valence electrons. The molecule has 1 aliphatic rings. The number of nitrogens with zero attached hydrogens (tertiary/aromatic N) is 4. The zero-order valence-corrected chi connectivity index (χ0v) is 17.5. The Balaban J connectivity index is 1.83. The summed E-state index contributed by atoms with van der Waals surface area (Å²) < 4.78 is 13.3. The lowest BCUT2D eigenvalue weighted by Gasteiger charge is -2.28. The minimum Gasteiger partial charge on any atom is -0.465 e. The third-order valence-electron chi connectivity index (χ3n) is 4.88. The van der Waals surface area contributed by atoms with Crippen LogP contribution < -0.4 is 5.32 Å². The highest BCUT2D eigenvalue weighted by Gasteiger charge is 2.31. The van der Waals surface area contributed by atoms with Crippen LogP contribution in [-0.4, -0.2) is 57.9 Å². The number of aryl methyl sites for hydroxylation is 1. The van der Waals surface area contributed by atoms with Crippen LogP contribution in [0.3, 0.4) is 0 Å². The third-order valence-corrected chi connectivity index (χ3v) is 4.88. The SMILES string of the molecule is Cc1oc(C(C)(C)C)c(CN2CCOCC2)c1C(=O)NC(C)Cn1cncn1. The highest BCUT2D eigenvalue weighted by atomic mass is 16.5. The van der Waals surface area contributed by atoms with Crippen molar-refractivity contribution >= 4 is 5.91 Å². The summed E-state index contributed by atoms with van der Waals surface area (Å²) in [6.07, 6.45) is 3.14. The molecule has 1 aliphatic heterocycles. The van der Waals surface area contributed by atoms with E-state index in [-0.39, 0.29) is 17.4 Å². The average Bonchev–Trinajstić information content (AvgIpc) is 3.23. The van der Waals surface area contributed by atoms with Crippen molar-refractivity contribution in [2.24, 2.45) is 0 Å². The molecular formula is C20H31N5O3. The van der Waals surface area contributed by atoms with Gasteiger partial charge in [0.15, 0.2) is 0 Å². The fraction of sp³-hybridized carbons (Fsp3) is 0.650. The first-order chi connectivity index (χ1) is 13.3. The Morgan fingerprint density at radius 3 is 2.64 bits per heavy atom. The van der Waals surface area contributed by atoms with Crippen LogP contribution in [0.5, 0.6) is 0 Å². The Kier molecular flexibility index (Phi) is 6.20. The van der Waals surface area contributed by atoms with Crippen molar-refractivity contribution < 1.29 is 13.9 Å². The molecule has 1 unspecified atom stereocenters. The minimum absolute atomic E-state index is 0.0853. The molecule has 2 aromatic rings. The van der Waals surface area contributed by atoms with Crippen molar-refractivity contribution in [2.45, 2.75) is 59.2 Å². The van der Waals surface area contributed by atoms with Crippen LogP contribution in [-0.2, 0) is 23.2 Å². The van der Waals surface area contributed by atoms with Crippen molar-refractivity contribution in [3.63, 3.8) is 0 Å². The fourth-order valence-electron chi connectivity index (χ4n) is 3.58. The molecule has 3 heterocycles. The van der Waals surface area contributed by atoms with Gasteiger partial charge in [-0.05, 0) is 13.8 Å². The van der Waals surface area contributed by atoms with Crippen LogP contribution in [0.2, 0.25) is 0 Å². The lowest BCUT2D eigenvalue weighted by molar-refractivity contribution is 0.0337. The number of hydrogen-bond donors (Lipinski definition) is 1. The number of rotatable bonds is 6. The van der Waals surface area contributed by atoms with Crippen molar-refractivity contribution in [3.8, 4) is 0 Å². The number of aromatic nitrogens is 3. The molecule has 1 amide bonds. The zero-order chi connectivity index (χ0) is 20.3. The van der Waals surface area contributed by atoms with E-state index in [1.165, 1.54) is 6.33 Å². The third kappa shape index (κ3) is 4.80. The topological polar surface area (TPSA) is 85.4 Å². The average molecular weight is 390 g/mol. The van der Waals surface area contributed by atoms with Crippen LogP contribution in [0.1, 0.15) is 55.1 Å². The Morgan fingerprint density at radius 2 is 2.04 bits per heavy atom. The maximum atomic E-state index is 13.1. The second-order valence-corrected chi connectivity index (χ2v) is 8.47. The molecule has 0 aromatic carbocycles. The molecule has 0 radical (unpaired) electrons. The predicted molar refractivity (Wildman–Crippen MR) is 105 cm³/mol. The van der Waals surface area contributed by atoms with E-state index in [2.05, 4.69) is 41.1 Å². The molecule has 3 rings (SSSR count). The molecular weight excluding hydrogens is 358 g/mol. The van der Waals surface area contributed by atoms with Crippen LogP contribution in [0.15, 0.2) is 17.1 Å². The van der Waals surface area contributed by atoms with Crippen LogP contribution in [0.4, 0.5) is 0 Å². The first kappa shape index (κ1) is 20.5. The van der Waals surface area contributed by atoms with E-state index in [1.54, 1.807) is 11.0 Å². The fourth-order valence-corrected chi connectivity index (χ4v) is 3.58. The molecule has 8 heteroatoms. The van der Waals surface area contributed by atoms with Crippen molar-refractivity contribution in [2.75, 3.05) is 26.3 Å². The number of morpholine rings is 1. The second kappa shape index (κ2) is 8.45. The number of hydrogen-bond acceptors (Lipinski definition) is 6. The summed E-state index contributed by atoms with van der Waals surface area (Å²) in [5, 5.41) is 7.19. The second-order valence-electron chi connectivity index (χ2n) is 8.47. The van der Waals surface area contributed by atoms with Gasteiger partial charge in [0.05, 0.1) is 25.3 Å². The van der Waals surface area contributed by atoms with Gasteiger partial charge in [0.2, 0.25) is 0 Å². The Hall–Kier alpha value is -2.19. The molecule has 8 nitrogen and oxygen atoms in total. The van der Waals surface area contributed by atoms with Gasteiger partial charge in [0.1, 0.15) is 24.2 Å². The van der Waals surface area contributed by atoms with Gasteiger partial charge in [0.25, 0.3) is 5.91 Å². The summed E-state index contributed by atoms with van der Waals surface area (Å²) in [6, 6.07) is -0.0853. The van der Waals surface area contributed by atoms with Gasteiger partial charge in [0, 0.05) is 36.7 Å². The Bertz CT molecular complexity index is 786. The van der Waals surface area contributed by atoms with Crippen LogP contribution in [0.25, 0.3) is 0 Å². The summed E-state index contributed by atoms with van der Waals surface area (Å²) in [5.74, 6) is 1.44. The molecule has 1 saturated heterocycles. The highest BCUT2D eigenvalue weighted by molar-refractivity contribution is 5.97. The van der Waals surface area contributed by atoms with Gasteiger partial charge >= 0.3 is 0 Å². The van der Waals surface area contributed by atoms with Gasteiger partial charge in [-0.15, -0.1) is 0 Å². The minimum atomic E-state index is -0.183. The first-order valence-electron chi connectivity index (χ1n) is 9.82. The van der Waals surface area contributed by atoms with Crippen LogP contribution in [0, 0.1) is 6.92 Å². The van der Waals surface area contributed by atoms with E-state index < -0.39 is 0 Å². The zero-order valence-electron chi connectivity index (χ0n) is 17.5. The number of nitrogens with one attached hydrogen (secondary N) is 1. The quantitative estimate of drug-likeness (QED) is 0.815. The van der Waals surface area contributed by atoms with Gasteiger partial charge in [-0.2, -0.15) is 5.10 Å². The molecule has 2 aromatic heterocycles. The number of furan rings is 1. The van der Waals surface area contributed by atoms with Gasteiger partial charge in [-0.3, -0.25) is 14.4 Å². The number of carbonyl (C=O) groups is 1. The van der Waals surface area contributed by atoms with E-state index >= 15 is 0 Å². The standard InChI is InChI=1S/C20H31N5O3/c1-14(10-25-13-21-12-22-25)23-19(26)17-15(2)28-18(20(3,4)5)16(17)11-24-6-8-27-9-7-24/h12-14H,6-11H2,1-5H3,(H,23,26). The first-order valence-corrected chi connectivity index (χ1v) is 9.82. The van der Waals surface area contributed by atoms with Gasteiger partial charge in [-0.25, -0.2) is 4.98 Å². The molecule has 1 atom stereocenters. The maximum Gasteiger partial charge on any atom is 0.255 e. The normalized spacial score (nSPS) is 16.9. The molecule has 28 heavy (non-hydrogen) atoms. The van der Waals surface area contributed by atoms with E-state index in [0.717, 1.165) is 37.6 Å². The highest BCUT2D eigenvalue weighted by Crippen LogP contribution is 2.33. The molecule has 0 spiro atoms. The largest absolute Gasteiger partial charge is 0.465 e. The van der Waals surface area contributed by atoms with E-state index in [4.69, 9.17) is 9.15 Å². The summed E-state index contributed by atoms with van der Waals surface area (Å²) in [7, 11) is 0. The number of ether oxygens (including phenoxy) is 1.